The third-order valence-corrected chi connectivity index (χ3v) is 33.5. The van der Waals surface area contributed by atoms with Gasteiger partial charge in [-0.1, -0.05) is 0 Å². The second kappa shape index (κ2) is 13.2. The van der Waals surface area contributed by atoms with E-state index < -0.39 is 33.5 Å². The van der Waals surface area contributed by atoms with Gasteiger partial charge in [0.25, 0.3) is 0 Å². The van der Waals surface area contributed by atoms with Crippen molar-refractivity contribution in [2.24, 2.45) is 0 Å². The average Bonchev–Trinajstić information content (AvgIpc) is 3.42. The zero-order chi connectivity index (χ0) is 31.9. The van der Waals surface area contributed by atoms with Crippen molar-refractivity contribution in [2.75, 3.05) is 0 Å². The second-order valence-corrected chi connectivity index (χ2v) is 59.0. The van der Waals surface area contributed by atoms with Gasteiger partial charge in [0.05, 0.1) is 0 Å². The van der Waals surface area contributed by atoms with E-state index in [-0.39, 0.29) is 24.8 Å². The van der Waals surface area contributed by atoms with Crippen molar-refractivity contribution in [2.45, 2.75) is 135 Å². The van der Waals surface area contributed by atoms with Crippen molar-refractivity contribution in [1.82, 2.24) is 0 Å². The molecule has 0 saturated carbocycles. The van der Waals surface area contributed by atoms with Crippen LogP contribution < -0.4 is 0 Å². The Labute approximate surface area is 289 Å². The number of fused-ring (bicyclic) bond motifs is 2. The first-order chi connectivity index (χ1) is 19.0. The fraction of sp³-hybridized carbons (Fsp3) is 0.579. The monoisotopic (exact) mass is 764 g/mol. The van der Waals surface area contributed by atoms with Crippen LogP contribution in [0.5, 0.6) is 0 Å². The number of halogens is 2. The predicted molar refractivity (Wildman–Crippen MR) is 212 cm³/mol. The van der Waals surface area contributed by atoms with E-state index in [1.165, 1.54) is 0 Å². The molecular formula is C38H64Cl2Si3Zr. The topological polar surface area (TPSA) is 0 Å². The molecule has 0 bridgehead atoms. The number of allylic oxidation sites excluding steroid dienone is 2. The minimum absolute atomic E-state index is 0. The van der Waals surface area contributed by atoms with Gasteiger partial charge in [0.2, 0.25) is 0 Å². The minimum Gasteiger partial charge on any atom is -0.147 e. The van der Waals surface area contributed by atoms with Crippen LogP contribution in [-0.4, -0.2) is 23.0 Å². The first-order valence-electron chi connectivity index (χ1n) is 16.8. The van der Waals surface area contributed by atoms with Gasteiger partial charge >= 0.3 is 267 Å². The Hall–Kier alpha value is 0.0338. The molecule has 2 aromatic carbocycles. The van der Waals surface area contributed by atoms with Crippen LogP contribution in [0.2, 0.25) is 48.5 Å². The maximum Gasteiger partial charge on any atom is -0.147 e. The van der Waals surface area contributed by atoms with Gasteiger partial charge in [-0.15, -0.1) is 24.8 Å². The van der Waals surface area contributed by atoms with Gasteiger partial charge in [-0.25, -0.2) is 0 Å². The van der Waals surface area contributed by atoms with E-state index in [0.717, 1.165) is 0 Å². The second-order valence-electron chi connectivity index (χ2n) is 18.3. The summed E-state index contributed by atoms with van der Waals surface area (Å²) in [5, 5.41) is 3.69. The van der Waals surface area contributed by atoms with Crippen LogP contribution in [0, 0.1) is 0 Å². The van der Waals surface area contributed by atoms with Crippen LogP contribution in [-0.2, 0) is 17.4 Å². The third-order valence-electron chi connectivity index (χ3n) is 10.6. The fourth-order valence-corrected chi connectivity index (χ4v) is 43.5. The number of benzene rings is 2. The molecule has 0 fully saturated rings. The van der Waals surface area contributed by atoms with E-state index in [2.05, 4.69) is 147 Å². The Kier molecular flexibility index (Phi) is 12.0. The Bertz CT molecular complexity index is 1430. The van der Waals surface area contributed by atoms with Crippen molar-refractivity contribution < 1.29 is 17.4 Å². The average molecular weight is 767 g/mol. The molecule has 0 amide bonds. The summed E-state index contributed by atoms with van der Waals surface area (Å²) >= 11 is -3.72. The Morgan fingerprint density at radius 3 is 1.07 bits per heavy atom. The molecule has 0 radical (unpaired) electrons. The Balaban J connectivity index is 0.00000337. The van der Waals surface area contributed by atoms with E-state index in [0.29, 0.717) is 30.9 Å². The maximum atomic E-state index is 2.88. The molecule has 2 aliphatic rings. The van der Waals surface area contributed by atoms with Gasteiger partial charge < -0.3 is 0 Å². The SMILES string of the molecule is CC(C)c1cc(C(C)C)c2c(c1)[CH]([Zr]([CH3])([CH3])(=[SiH2])[CH]1C([Si](C)(C)C)=Cc3c(C(C)C)cc(C(C)C)cc31)C([Si](C)(C)C)=C2.Cl.Cl. The van der Waals surface area contributed by atoms with Gasteiger partial charge in [0, 0.05) is 0 Å². The van der Waals surface area contributed by atoms with Gasteiger partial charge in [-0.05, 0) is 0 Å². The van der Waals surface area contributed by atoms with E-state index in [1.54, 1.807) is 44.5 Å². The normalized spacial score (nSPS) is 18.8. The molecular weight excluding hydrogens is 703 g/mol. The summed E-state index contributed by atoms with van der Waals surface area (Å²) in [5.74, 6) is 2.17. The molecule has 2 aliphatic carbocycles. The molecule has 0 N–H and O–H groups in total. The summed E-state index contributed by atoms with van der Waals surface area (Å²) in [6.45, 7) is 37.5. The van der Waals surface area contributed by atoms with Crippen LogP contribution >= 0.6 is 24.8 Å². The molecule has 6 heteroatoms. The van der Waals surface area contributed by atoms with E-state index in [9.17, 15) is 0 Å². The van der Waals surface area contributed by atoms with Crippen LogP contribution in [0.25, 0.3) is 12.2 Å². The van der Waals surface area contributed by atoms with Crippen molar-refractivity contribution in [3.05, 3.63) is 79.2 Å². The van der Waals surface area contributed by atoms with Crippen molar-refractivity contribution >= 4 is 60.0 Å². The summed E-state index contributed by atoms with van der Waals surface area (Å²) in [6.07, 6.45) is 5.50. The maximum absolute atomic E-state index is 3.72. The molecule has 0 heterocycles. The standard InChI is InChI=1S/2C18H27Si.2CH3.2ClH.H2Si.Zr/c2*1-12(2)14-8-15-9-16(19(5,6)7)11-18(15)17(10-14)13(3)4;;;;;;/h2*8-13H,1-7H3;2*1H3;2*1H;1H2;. The first-order valence-corrected chi connectivity index (χ1v) is 37.5. The molecule has 0 aliphatic heterocycles. The van der Waals surface area contributed by atoms with Crippen LogP contribution in [0.1, 0.15) is 131 Å². The largest absolute Gasteiger partial charge is 0.147 e. The zero-order valence-corrected chi connectivity index (χ0v) is 38.5. The van der Waals surface area contributed by atoms with Gasteiger partial charge in [0.15, 0.2) is 0 Å². The van der Waals surface area contributed by atoms with Crippen LogP contribution in [0.15, 0.2) is 34.7 Å². The quantitative estimate of drug-likeness (QED) is 0.235. The van der Waals surface area contributed by atoms with Crippen LogP contribution in [0.3, 0.4) is 0 Å². The molecule has 2 unspecified atom stereocenters. The summed E-state index contributed by atoms with van der Waals surface area (Å²) < 4.78 is 7.00. The minimum atomic E-state index is -3.72. The third kappa shape index (κ3) is 7.07. The van der Waals surface area contributed by atoms with Gasteiger partial charge in [-0.2, -0.15) is 0 Å². The first kappa shape index (κ1) is 40.2. The van der Waals surface area contributed by atoms with Crippen molar-refractivity contribution in [3.63, 3.8) is 0 Å². The fourth-order valence-electron chi connectivity index (χ4n) is 8.20. The summed E-state index contributed by atoms with van der Waals surface area (Å²) in [7, 11) is -3.20. The number of hydrogen-bond acceptors (Lipinski definition) is 0. The van der Waals surface area contributed by atoms with E-state index >= 15 is 0 Å². The molecule has 2 atom stereocenters. The van der Waals surface area contributed by atoms with E-state index in [4.69, 9.17) is 0 Å². The molecule has 246 valence electrons. The predicted octanol–water partition coefficient (Wildman–Crippen LogP) is 12.7. The molecule has 0 aromatic heterocycles. The van der Waals surface area contributed by atoms with Crippen molar-refractivity contribution in [3.8, 4) is 0 Å². The summed E-state index contributed by atoms with van der Waals surface area (Å²) in [4.78, 5) is 0. The van der Waals surface area contributed by atoms with Crippen molar-refractivity contribution in [1.29, 1.82) is 0 Å². The zero-order valence-electron chi connectivity index (χ0n) is 31.0. The number of hydrogen-bond donors (Lipinski definition) is 0. The molecule has 0 spiro atoms. The van der Waals surface area contributed by atoms with E-state index in [1.807, 2.05) is 10.4 Å². The molecule has 4 rings (SSSR count). The Morgan fingerprint density at radius 2 is 0.841 bits per heavy atom. The summed E-state index contributed by atoms with van der Waals surface area (Å²) in [5.41, 5.74) is 12.9. The molecule has 44 heavy (non-hydrogen) atoms. The van der Waals surface area contributed by atoms with Crippen LogP contribution in [0.4, 0.5) is 0 Å². The smallest absolute Gasteiger partial charge is 0.147 e. The molecule has 0 nitrogen and oxygen atoms in total. The number of rotatable bonds is 8. The molecule has 2 aromatic rings. The molecule has 0 saturated heterocycles. The Morgan fingerprint density at radius 1 is 0.545 bits per heavy atom. The van der Waals surface area contributed by atoms with Gasteiger partial charge in [0.1, 0.15) is 0 Å². The van der Waals surface area contributed by atoms with Gasteiger partial charge in [-0.3, -0.25) is 0 Å². The summed E-state index contributed by atoms with van der Waals surface area (Å²) in [6, 6.07) is 10.5.